The van der Waals surface area contributed by atoms with Crippen LogP contribution in [-0.4, -0.2) is 30.1 Å². The average molecular weight is 490 g/mol. The molecule has 3 heterocycles. The molecule has 4 aromatic rings. The summed E-state index contributed by atoms with van der Waals surface area (Å²) in [6.45, 7) is 3.80. The third-order valence-corrected chi connectivity index (χ3v) is 4.80. The van der Waals surface area contributed by atoms with Gasteiger partial charge in [-0.25, -0.2) is 14.4 Å². The Balaban J connectivity index is 1.60. The minimum absolute atomic E-state index is 0.277. The molecule has 0 unspecified atom stereocenters. The number of anilines is 4. The van der Waals surface area contributed by atoms with Gasteiger partial charge in [0.1, 0.15) is 11.6 Å². The van der Waals surface area contributed by atoms with Crippen molar-refractivity contribution in [1.29, 1.82) is 0 Å². The highest BCUT2D eigenvalue weighted by molar-refractivity contribution is 14.1. The maximum absolute atomic E-state index is 14.6. The standard InChI is InChI=1S/C18H16FIN8/c1-9-5-14(12(19)7-11(9)16-21-3-4-22-16)24-18-23-8-13(20)17(26-18)25-15-6-10(2)27-28-15/h3-8H,1-2H3,(H,21,22)(H3,23,24,25,26,27,28). The van der Waals surface area contributed by atoms with Crippen LogP contribution >= 0.6 is 22.6 Å². The number of benzene rings is 1. The van der Waals surface area contributed by atoms with Crippen molar-refractivity contribution in [3.05, 3.63) is 57.4 Å². The molecule has 28 heavy (non-hydrogen) atoms. The van der Waals surface area contributed by atoms with Crippen LogP contribution in [0.2, 0.25) is 0 Å². The van der Waals surface area contributed by atoms with Gasteiger partial charge in [0.05, 0.1) is 9.26 Å². The predicted molar refractivity (Wildman–Crippen MR) is 113 cm³/mol. The Bertz CT molecular complexity index is 1120. The van der Waals surface area contributed by atoms with Gasteiger partial charge in [-0.3, -0.25) is 5.10 Å². The van der Waals surface area contributed by atoms with Crippen molar-refractivity contribution in [1.82, 2.24) is 30.1 Å². The number of H-pyrrole nitrogens is 2. The first-order valence-corrected chi connectivity index (χ1v) is 9.46. The van der Waals surface area contributed by atoms with Crippen LogP contribution in [0.3, 0.4) is 0 Å². The van der Waals surface area contributed by atoms with Crippen LogP contribution in [-0.2, 0) is 0 Å². The van der Waals surface area contributed by atoms with Gasteiger partial charge in [-0.15, -0.1) is 0 Å². The first-order valence-electron chi connectivity index (χ1n) is 8.38. The third-order valence-electron chi connectivity index (χ3n) is 4.01. The Kier molecular flexibility index (Phi) is 4.94. The first kappa shape index (κ1) is 18.3. The number of imidazole rings is 1. The van der Waals surface area contributed by atoms with Gasteiger partial charge in [-0.1, -0.05) is 0 Å². The number of hydrogen-bond donors (Lipinski definition) is 4. The van der Waals surface area contributed by atoms with Crippen molar-refractivity contribution in [2.45, 2.75) is 13.8 Å². The Morgan fingerprint density at radius 3 is 2.68 bits per heavy atom. The van der Waals surface area contributed by atoms with Crippen LogP contribution < -0.4 is 10.6 Å². The van der Waals surface area contributed by atoms with E-state index in [0.29, 0.717) is 23.0 Å². The summed E-state index contributed by atoms with van der Waals surface area (Å²) in [5.41, 5.74) is 2.79. The molecule has 0 spiro atoms. The molecule has 0 saturated heterocycles. The lowest BCUT2D eigenvalue weighted by atomic mass is 10.1. The van der Waals surface area contributed by atoms with E-state index in [1.165, 1.54) is 6.07 Å². The highest BCUT2D eigenvalue weighted by Crippen LogP contribution is 2.28. The third kappa shape index (κ3) is 3.81. The average Bonchev–Trinajstić information content (AvgIpc) is 3.32. The fourth-order valence-electron chi connectivity index (χ4n) is 2.68. The van der Waals surface area contributed by atoms with E-state index < -0.39 is 5.82 Å². The van der Waals surface area contributed by atoms with Gasteiger partial charge < -0.3 is 15.6 Å². The molecule has 8 nitrogen and oxygen atoms in total. The molecular formula is C18H16FIN8. The van der Waals surface area contributed by atoms with E-state index in [-0.39, 0.29) is 11.6 Å². The van der Waals surface area contributed by atoms with E-state index in [4.69, 9.17) is 0 Å². The van der Waals surface area contributed by atoms with Crippen molar-refractivity contribution < 1.29 is 4.39 Å². The Morgan fingerprint density at radius 1 is 1.11 bits per heavy atom. The van der Waals surface area contributed by atoms with Crippen molar-refractivity contribution in [2.24, 2.45) is 0 Å². The van der Waals surface area contributed by atoms with Crippen molar-refractivity contribution in [3.63, 3.8) is 0 Å². The lowest BCUT2D eigenvalue weighted by Crippen LogP contribution is -2.04. The molecule has 0 saturated carbocycles. The maximum atomic E-state index is 14.6. The predicted octanol–water partition coefficient (Wildman–Crippen LogP) is 4.44. The van der Waals surface area contributed by atoms with Crippen LogP contribution in [0.5, 0.6) is 0 Å². The van der Waals surface area contributed by atoms with E-state index in [1.807, 2.05) is 19.9 Å². The number of rotatable bonds is 5. The fourth-order valence-corrected chi connectivity index (χ4v) is 3.08. The van der Waals surface area contributed by atoms with Gasteiger partial charge in [0.2, 0.25) is 5.95 Å². The number of hydrogen-bond acceptors (Lipinski definition) is 6. The highest BCUT2D eigenvalue weighted by atomic mass is 127. The molecular weight excluding hydrogens is 474 g/mol. The van der Waals surface area contributed by atoms with E-state index in [1.54, 1.807) is 24.7 Å². The number of halogens is 2. The van der Waals surface area contributed by atoms with Crippen LogP contribution in [0, 0.1) is 23.2 Å². The topological polar surface area (TPSA) is 107 Å². The molecule has 0 aliphatic heterocycles. The van der Waals surface area contributed by atoms with E-state index in [2.05, 4.69) is 63.4 Å². The molecule has 3 aromatic heterocycles. The highest BCUT2D eigenvalue weighted by Gasteiger charge is 2.13. The van der Waals surface area contributed by atoms with Gasteiger partial charge >= 0.3 is 0 Å². The van der Waals surface area contributed by atoms with Gasteiger partial charge in [0.25, 0.3) is 0 Å². The zero-order valence-corrected chi connectivity index (χ0v) is 17.2. The number of aromatic nitrogens is 6. The monoisotopic (exact) mass is 490 g/mol. The summed E-state index contributed by atoms with van der Waals surface area (Å²) in [4.78, 5) is 15.8. The van der Waals surface area contributed by atoms with Crippen molar-refractivity contribution in [2.75, 3.05) is 10.6 Å². The molecule has 4 N–H and O–H groups in total. The molecule has 0 radical (unpaired) electrons. The van der Waals surface area contributed by atoms with Crippen molar-refractivity contribution >= 4 is 45.9 Å². The quantitative estimate of drug-likeness (QED) is 0.309. The Labute approximate surface area is 173 Å². The maximum Gasteiger partial charge on any atom is 0.229 e. The minimum atomic E-state index is -0.420. The number of aryl methyl sites for hydroxylation is 2. The molecule has 0 fully saturated rings. The minimum Gasteiger partial charge on any atom is -0.345 e. The second-order valence-corrected chi connectivity index (χ2v) is 7.32. The summed E-state index contributed by atoms with van der Waals surface area (Å²) in [7, 11) is 0. The fraction of sp³-hybridized carbons (Fsp3) is 0.111. The SMILES string of the molecule is Cc1cc(Nc2nc(Nc3cc(C)c(-c4ncc[nH]4)cc3F)ncc2I)n[nH]1. The second-order valence-electron chi connectivity index (χ2n) is 6.16. The van der Waals surface area contributed by atoms with E-state index in [9.17, 15) is 4.39 Å². The summed E-state index contributed by atoms with van der Waals surface area (Å²) in [6, 6.07) is 5.01. The normalized spacial score (nSPS) is 10.9. The van der Waals surface area contributed by atoms with Crippen LogP contribution in [0.25, 0.3) is 11.4 Å². The number of nitrogens with zero attached hydrogens (tertiary/aromatic N) is 4. The zero-order chi connectivity index (χ0) is 19.7. The number of nitrogens with one attached hydrogen (secondary N) is 4. The summed E-state index contributed by atoms with van der Waals surface area (Å²) in [6.07, 6.45) is 4.99. The lowest BCUT2D eigenvalue weighted by molar-refractivity contribution is 0.631. The second kappa shape index (κ2) is 7.54. The largest absolute Gasteiger partial charge is 0.345 e. The molecule has 142 valence electrons. The molecule has 0 aliphatic carbocycles. The Morgan fingerprint density at radius 2 is 1.96 bits per heavy atom. The first-order chi connectivity index (χ1) is 13.5. The molecule has 0 aliphatic rings. The van der Waals surface area contributed by atoms with E-state index in [0.717, 1.165) is 14.8 Å². The zero-order valence-electron chi connectivity index (χ0n) is 15.0. The number of aromatic amines is 2. The summed E-state index contributed by atoms with van der Waals surface area (Å²) in [5, 5.41) is 13.1. The molecule has 0 atom stereocenters. The summed E-state index contributed by atoms with van der Waals surface area (Å²) < 4.78 is 15.5. The van der Waals surface area contributed by atoms with Gasteiger partial charge in [-0.05, 0) is 54.1 Å². The van der Waals surface area contributed by atoms with E-state index >= 15 is 0 Å². The lowest BCUT2D eigenvalue weighted by Gasteiger charge is -2.11. The van der Waals surface area contributed by atoms with Gasteiger partial charge in [0, 0.05) is 35.9 Å². The smallest absolute Gasteiger partial charge is 0.229 e. The van der Waals surface area contributed by atoms with Crippen molar-refractivity contribution in [3.8, 4) is 11.4 Å². The molecule has 4 rings (SSSR count). The van der Waals surface area contributed by atoms with Gasteiger partial charge in [0.15, 0.2) is 11.6 Å². The van der Waals surface area contributed by atoms with Gasteiger partial charge in [-0.2, -0.15) is 10.1 Å². The molecule has 10 heteroatoms. The van der Waals surface area contributed by atoms with Crippen LogP contribution in [0.1, 0.15) is 11.3 Å². The molecule has 0 amide bonds. The molecule has 1 aromatic carbocycles. The van der Waals surface area contributed by atoms with Crippen LogP contribution in [0.4, 0.5) is 27.7 Å². The van der Waals surface area contributed by atoms with Crippen LogP contribution in [0.15, 0.2) is 36.8 Å². The molecule has 0 bridgehead atoms. The summed E-state index contributed by atoms with van der Waals surface area (Å²) >= 11 is 2.13. The Hall–Kier alpha value is -3.02. The summed E-state index contributed by atoms with van der Waals surface area (Å²) in [5.74, 6) is 1.70.